The Bertz CT molecular complexity index is 265. The maximum Gasteiger partial charge on any atom is 0.213 e. The molecule has 12 heavy (non-hydrogen) atoms. The van der Waals surface area contributed by atoms with Gasteiger partial charge in [-0.05, 0) is 35.6 Å². The number of pyridine rings is 1. The Labute approximate surface area is 84.9 Å². The molecule has 1 N–H and O–H groups in total. The molecule has 0 saturated carbocycles. The van der Waals surface area contributed by atoms with Crippen LogP contribution in [0.1, 0.15) is 5.69 Å². The summed E-state index contributed by atoms with van der Waals surface area (Å²) in [6.07, 6.45) is 0. The molecule has 0 aromatic carbocycles. The van der Waals surface area contributed by atoms with E-state index in [1.807, 2.05) is 13.0 Å². The smallest absolute Gasteiger partial charge is 0.213 e. The molecule has 0 unspecified atom stereocenters. The summed E-state index contributed by atoms with van der Waals surface area (Å²) in [4.78, 5) is 4.17. The minimum atomic E-state index is 0.0205. The number of ether oxygens (including phenoxy) is 1. The van der Waals surface area contributed by atoms with Crippen molar-refractivity contribution in [1.82, 2.24) is 4.98 Å². The van der Waals surface area contributed by atoms with E-state index in [4.69, 9.17) is 9.84 Å². The van der Waals surface area contributed by atoms with Crippen LogP contribution in [0.3, 0.4) is 0 Å². The molecule has 0 radical (unpaired) electrons. The summed E-state index contributed by atoms with van der Waals surface area (Å²) in [7, 11) is 0. The number of aromatic nitrogens is 1. The molecule has 4 heteroatoms. The Hall–Kier alpha value is -0.360. The Kier molecular flexibility index (Phi) is 3.74. The van der Waals surface area contributed by atoms with Crippen LogP contribution in [0, 0.1) is 10.5 Å². The Balaban J connectivity index is 2.69. The first kappa shape index (κ1) is 9.73. The highest BCUT2D eigenvalue weighted by atomic mass is 127. The van der Waals surface area contributed by atoms with E-state index in [2.05, 4.69) is 27.6 Å². The molecule has 3 nitrogen and oxygen atoms in total. The van der Waals surface area contributed by atoms with Crippen molar-refractivity contribution < 1.29 is 9.84 Å². The lowest BCUT2D eigenvalue weighted by Crippen LogP contribution is -2.03. The van der Waals surface area contributed by atoms with E-state index in [1.54, 1.807) is 6.07 Å². The molecule has 66 valence electrons. The van der Waals surface area contributed by atoms with Gasteiger partial charge in [-0.1, -0.05) is 0 Å². The number of nitrogens with zero attached hydrogens (tertiary/aromatic N) is 1. The summed E-state index contributed by atoms with van der Waals surface area (Å²) in [5.74, 6) is 0.571. The molecule has 0 spiro atoms. The van der Waals surface area contributed by atoms with Crippen molar-refractivity contribution in [1.29, 1.82) is 0 Å². The van der Waals surface area contributed by atoms with E-state index in [0.717, 1.165) is 9.26 Å². The van der Waals surface area contributed by atoms with Crippen LogP contribution in [-0.2, 0) is 0 Å². The first-order valence-electron chi connectivity index (χ1n) is 3.61. The quantitative estimate of drug-likeness (QED) is 0.850. The molecule has 1 aromatic heterocycles. The maximum absolute atomic E-state index is 8.50. The molecule has 0 amide bonds. The zero-order chi connectivity index (χ0) is 8.97. The first-order valence-corrected chi connectivity index (χ1v) is 4.68. The van der Waals surface area contributed by atoms with Gasteiger partial charge in [-0.15, -0.1) is 0 Å². The van der Waals surface area contributed by atoms with Gasteiger partial charge in [0.15, 0.2) is 0 Å². The summed E-state index contributed by atoms with van der Waals surface area (Å²) in [6.45, 7) is 2.24. The number of hydrogen-bond acceptors (Lipinski definition) is 3. The normalized spacial score (nSPS) is 9.92. The summed E-state index contributed by atoms with van der Waals surface area (Å²) < 4.78 is 6.24. The highest BCUT2D eigenvalue weighted by molar-refractivity contribution is 14.1. The van der Waals surface area contributed by atoms with Crippen LogP contribution in [0.25, 0.3) is 0 Å². The van der Waals surface area contributed by atoms with Gasteiger partial charge in [-0.3, -0.25) is 0 Å². The van der Waals surface area contributed by atoms with E-state index < -0.39 is 0 Å². The van der Waals surface area contributed by atoms with Gasteiger partial charge in [-0.2, -0.15) is 0 Å². The lowest BCUT2D eigenvalue weighted by atomic mass is 10.4. The Morgan fingerprint density at radius 1 is 1.58 bits per heavy atom. The van der Waals surface area contributed by atoms with E-state index in [0.29, 0.717) is 12.5 Å². The van der Waals surface area contributed by atoms with Crippen molar-refractivity contribution in [3.63, 3.8) is 0 Å². The van der Waals surface area contributed by atoms with Gasteiger partial charge in [0.25, 0.3) is 0 Å². The lowest BCUT2D eigenvalue weighted by Gasteiger charge is -2.04. The van der Waals surface area contributed by atoms with Gasteiger partial charge in [0.2, 0.25) is 5.88 Å². The monoisotopic (exact) mass is 279 g/mol. The van der Waals surface area contributed by atoms with Crippen molar-refractivity contribution in [3.05, 3.63) is 21.4 Å². The predicted molar refractivity (Wildman–Crippen MR) is 54.3 cm³/mol. The molecule has 0 fully saturated rings. The van der Waals surface area contributed by atoms with Crippen LogP contribution >= 0.6 is 22.6 Å². The average molecular weight is 279 g/mol. The third kappa shape index (κ3) is 2.60. The zero-order valence-corrected chi connectivity index (χ0v) is 8.91. The van der Waals surface area contributed by atoms with E-state index >= 15 is 0 Å². The van der Waals surface area contributed by atoms with Crippen molar-refractivity contribution in [2.75, 3.05) is 13.2 Å². The largest absolute Gasteiger partial charge is 0.475 e. The number of halogens is 1. The Morgan fingerprint density at radius 3 is 2.92 bits per heavy atom. The summed E-state index contributed by atoms with van der Waals surface area (Å²) >= 11 is 2.21. The highest BCUT2D eigenvalue weighted by Gasteiger charge is 1.98. The fourth-order valence-corrected chi connectivity index (χ4v) is 1.05. The van der Waals surface area contributed by atoms with Crippen LogP contribution in [0.5, 0.6) is 5.88 Å². The minimum Gasteiger partial charge on any atom is -0.475 e. The van der Waals surface area contributed by atoms with Crippen molar-refractivity contribution in [3.8, 4) is 5.88 Å². The van der Waals surface area contributed by atoms with Crippen LogP contribution in [0.2, 0.25) is 0 Å². The number of aliphatic hydroxyl groups is 1. The fourth-order valence-electron chi connectivity index (χ4n) is 0.752. The van der Waals surface area contributed by atoms with Crippen LogP contribution in [0.4, 0.5) is 0 Å². The molecule has 1 aromatic rings. The summed E-state index contributed by atoms with van der Waals surface area (Å²) in [5.41, 5.74) is 0.950. The summed E-state index contributed by atoms with van der Waals surface area (Å²) in [5, 5.41) is 8.50. The zero-order valence-electron chi connectivity index (χ0n) is 6.75. The third-order valence-electron chi connectivity index (χ3n) is 1.34. The van der Waals surface area contributed by atoms with E-state index in [9.17, 15) is 0 Å². The molecule has 0 aliphatic rings. The highest BCUT2D eigenvalue weighted by Crippen LogP contribution is 2.13. The maximum atomic E-state index is 8.50. The SMILES string of the molecule is Cc1nc(OCCO)ccc1I. The molecule has 1 rings (SSSR count). The van der Waals surface area contributed by atoms with Crippen LogP contribution in [-0.4, -0.2) is 23.3 Å². The number of aliphatic hydroxyl groups excluding tert-OH is 1. The van der Waals surface area contributed by atoms with E-state index in [1.165, 1.54) is 0 Å². The summed E-state index contributed by atoms with van der Waals surface area (Å²) in [6, 6.07) is 3.74. The topological polar surface area (TPSA) is 42.4 Å². The van der Waals surface area contributed by atoms with Crippen LogP contribution in [0.15, 0.2) is 12.1 Å². The van der Waals surface area contributed by atoms with Gasteiger partial charge in [0, 0.05) is 9.64 Å². The second kappa shape index (κ2) is 4.61. The molecular formula is C8H10INO2. The van der Waals surface area contributed by atoms with Gasteiger partial charge in [-0.25, -0.2) is 4.98 Å². The molecule has 1 heterocycles. The molecule has 0 aliphatic carbocycles. The molecule has 0 atom stereocenters. The Morgan fingerprint density at radius 2 is 2.33 bits per heavy atom. The minimum absolute atomic E-state index is 0.0205. The third-order valence-corrected chi connectivity index (χ3v) is 2.48. The second-order valence-corrected chi connectivity index (χ2v) is 3.45. The molecule has 0 saturated heterocycles. The number of hydrogen-bond donors (Lipinski definition) is 1. The van der Waals surface area contributed by atoms with Crippen molar-refractivity contribution >= 4 is 22.6 Å². The van der Waals surface area contributed by atoms with Gasteiger partial charge >= 0.3 is 0 Å². The van der Waals surface area contributed by atoms with Crippen LogP contribution < -0.4 is 4.74 Å². The molecular weight excluding hydrogens is 269 g/mol. The number of aryl methyl sites for hydroxylation is 1. The fraction of sp³-hybridized carbons (Fsp3) is 0.375. The van der Waals surface area contributed by atoms with Crippen molar-refractivity contribution in [2.45, 2.75) is 6.92 Å². The molecule has 0 bridgehead atoms. The van der Waals surface area contributed by atoms with Gasteiger partial charge in [0.05, 0.1) is 12.3 Å². The standard InChI is InChI=1S/C8H10INO2/c1-6-7(9)2-3-8(10-6)12-5-4-11/h2-3,11H,4-5H2,1H3. The van der Waals surface area contributed by atoms with Gasteiger partial charge in [0.1, 0.15) is 6.61 Å². The van der Waals surface area contributed by atoms with Crippen molar-refractivity contribution in [2.24, 2.45) is 0 Å². The second-order valence-electron chi connectivity index (χ2n) is 2.29. The lowest BCUT2D eigenvalue weighted by molar-refractivity contribution is 0.196. The predicted octanol–water partition coefficient (Wildman–Crippen LogP) is 1.37. The molecule has 0 aliphatic heterocycles. The first-order chi connectivity index (χ1) is 5.74. The number of rotatable bonds is 3. The average Bonchev–Trinajstić information content (AvgIpc) is 2.07. The van der Waals surface area contributed by atoms with Gasteiger partial charge < -0.3 is 9.84 Å². The van der Waals surface area contributed by atoms with E-state index in [-0.39, 0.29) is 6.61 Å².